The first-order chi connectivity index (χ1) is 14.8. The van der Waals surface area contributed by atoms with Gasteiger partial charge in [0.05, 0.1) is 40.6 Å². The Balaban J connectivity index is 7.81. The van der Waals surface area contributed by atoms with Gasteiger partial charge in [-0.15, -0.1) is 0 Å². The van der Waals surface area contributed by atoms with E-state index in [1.807, 2.05) is 0 Å². The van der Waals surface area contributed by atoms with Crippen LogP contribution in [-0.4, -0.2) is 109 Å². The third kappa shape index (κ3) is 11.8. The Labute approximate surface area is 194 Å². The smallest absolute Gasteiger partial charge is 0.324 e. The molecule has 4 unspecified atom stereocenters. The molecule has 0 aliphatic heterocycles. The number of rotatable bonds is 13. The van der Waals surface area contributed by atoms with Crippen molar-refractivity contribution in [1.82, 2.24) is 0 Å². The molecule has 0 heterocycles. The molecule has 0 spiro atoms. The van der Waals surface area contributed by atoms with E-state index in [0.29, 0.717) is 0 Å². The van der Waals surface area contributed by atoms with Gasteiger partial charge in [-0.1, -0.05) is 0 Å². The van der Waals surface area contributed by atoms with Crippen LogP contribution < -0.4 is 0 Å². The predicted molar refractivity (Wildman–Crippen MR) is 113 cm³/mol. The largest absolute Gasteiger partial charge is 0.330 e. The zero-order valence-electron chi connectivity index (χ0n) is 16.6. The van der Waals surface area contributed by atoms with E-state index in [1.165, 1.54) is 0 Å². The zero-order chi connectivity index (χ0) is 28.8. The molecular weight excluding hydrogens is 637 g/mol. The number of hydrogen-bond acceptors (Lipinski definition) is 7. The Hall–Kier alpha value is 1.05. The molecule has 21 nitrogen and oxygen atoms in total. The molecule has 35 heavy (non-hydrogen) atoms. The minimum Gasteiger partial charge on any atom is -0.324 e. The molecule has 0 aliphatic rings. The van der Waals surface area contributed by atoms with Crippen molar-refractivity contribution in [3.05, 3.63) is 0 Å². The third-order valence-corrected chi connectivity index (χ3v) is 14.7. The number of hydrogen-bond donors (Lipinski definition) is 14. The average Bonchev–Trinajstić information content (AvgIpc) is 2.44. The molecule has 0 rings (SSSR count). The van der Waals surface area contributed by atoms with Gasteiger partial charge < -0.3 is 68.5 Å². The highest BCUT2D eigenvalue weighted by molar-refractivity contribution is 7.63. The maximum atomic E-state index is 12.2. The summed E-state index contributed by atoms with van der Waals surface area (Å²) in [6.45, 7) is 0. The summed E-state index contributed by atoms with van der Waals surface area (Å²) in [5.74, 6) is 0. The second-order valence-corrected chi connectivity index (χ2v) is 19.6. The van der Waals surface area contributed by atoms with Crippen LogP contribution in [-0.2, 0) is 32.0 Å². The summed E-state index contributed by atoms with van der Waals surface area (Å²) in [5.41, 5.74) is -18.5. The Kier molecular flexibility index (Phi) is 11.6. The average molecular weight is 660 g/mol. The molecule has 0 fully saturated rings. The molecule has 0 aromatic carbocycles. The van der Waals surface area contributed by atoms with Crippen LogP contribution in [0.25, 0.3) is 0 Å². The fraction of sp³-hybridized carbons (Fsp3) is 1.00. The summed E-state index contributed by atoms with van der Waals surface area (Å²) < 4.78 is 83.0. The Morgan fingerprint density at radius 3 is 0.657 bits per heavy atom. The second kappa shape index (κ2) is 11.3. The lowest BCUT2D eigenvalue weighted by atomic mass is 10.1. The molecule has 0 saturated heterocycles. The highest BCUT2D eigenvalue weighted by Crippen LogP contribution is 2.70. The van der Waals surface area contributed by atoms with E-state index in [1.54, 1.807) is 0 Å². The first-order valence-corrected chi connectivity index (χ1v) is 20.2. The SMILES string of the molecule is O=P(O)(O)CC(C(C(C(C(CP(=O)(O)O)P(=O)(O)O)P(=O)(O)O)P(=O)(O)O)P(=O)(O)O)P(=O)(O)O. The van der Waals surface area contributed by atoms with Crippen molar-refractivity contribution >= 4 is 53.2 Å². The van der Waals surface area contributed by atoms with Crippen molar-refractivity contribution in [3.63, 3.8) is 0 Å². The lowest BCUT2D eigenvalue weighted by molar-refractivity contribution is 0.286. The van der Waals surface area contributed by atoms with E-state index in [2.05, 4.69) is 0 Å². The first kappa shape index (κ1) is 36.0. The molecule has 0 bridgehead atoms. The van der Waals surface area contributed by atoms with Crippen LogP contribution in [0.1, 0.15) is 0 Å². The molecule has 0 saturated carbocycles. The molecule has 4 atom stereocenters. The van der Waals surface area contributed by atoms with Gasteiger partial charge in [0, 0.05) is 0 Å². The molecule has 0 aromatic heterocycles. The summed E-state index contributed by atoms with van der Waals surface area (Å²) in [6, 6.07) is 0. The van der Waals surface area contributed by atoms with E-state index in [4.69, 9.17) is 19.6 Å². The highest BCUT2D eigenvalue weighted by Gasteiger charge is 2.64. The monoisotopic (exact) mass is 660 g/mol. The molecule has 0 amide bonds. The van der Waals surface area contributed by atoms with Gasteiger partial charge >= 0.3 is 53.2 Å². The van der Waals surface area contributed by atoms with Crippen molar-refractivity contribution in [3.8, 4) is 0 Å². The van der Waals surface area contributed by atoms with Crippen molar-refractivity contribution in [2.75, 3.05) is 12.3 Å². The standard InChI is InChI=1S/C7H23O21P7/c8-29(9,10)1-3(31(14,15)16)5(33(20,21)22)7(35(26,27)28)6(34(23,24)25)4(32(17,18)19)2-30(11,12)13/h3-7H,1-2H2,(H2,8,9,10)(H2,11,12,13)(H2,14,15,16)(H2,17,18,19)(H2,20,21,22)(H2,23,24,25)(H2,26,27,28). The van der Waals surface area contributed by atoms with Crippen LogP contribution >= 0.6 is 53.2 Å². The van der Waals surface area contributed by atoms with Gasteiger partial charge in [-0.3, -0.25) is 32.0 Å². The van der Waals surface area contributed by atoms with Crippen LogP contribution in [0, 0.1) is 0 Å². The maximum absolute atomic E-state index is 12.2. The van der Waals surface area contributed by atoms with Crippen molar-refractivity contribution < 1.29 is 100 Å². The van der Waals surface area contributed by atoms with E-state index in [9.17, 15) is 80.9 Å². The lowest BCUT2D eigenvalue weighted by Crippen LogP contribution is -2.50. The van der Waals surface area contributed by atoms with Crippen molar-refractivity contribution in [1.29, 1.82) is 0 Å². The normalized spacial score (nSPS) is 19.6. The van der Waals surface area contributed by atoms with Crippen molar-refractivity contribution in [2.24, 2.45) is 0 Å². The fourth-order valence-electron chi connectivity index (χ4n) is 3.22. The molecule has 28 heteroatoms. The van der Waals surface area contributed by atoms with Gasteiger partial charge in [-0.05, 0) is 0 Å². The molecule has 14 N–H and O–H groups in total. The summed E-state index contributed by atoms with van der Waals surface area (Å²) in [6.07, 6.45) is -4.51. The molecule has 0 aromatic rings. The van der Waals surface area contributed by atoms with Crippen LogP contribution in [0.2, 0.25) is 0 Å². The van der Waals surface area contributed by atoms with E-state index < -0.39 is 93.8 Å². The van der Waals surface area contributed by atoms with Gasteiger partial charge in [0.15, 0.2) is 0 Å². The van der Waals surface area contributed by atoms with Gasteiger partial charge in [0.2, 0.25) is 0 Å². The molecule has 212 valence electrons. The van der Waals surface area contributed by atoms with Crippen LogP contribution in [0.15, 0.2) is 0 Å². The predicted octanol–water partition coefficient (Wildman–Crippen LogP) is -2.93. The first-order valence-electron chi connectivity index (χ1n) is 8.15. The second-order valence-electron chi connectivity index (χ2n) is 7.25. The summed E-state index contributed by atoms with van der Waals surface area (Å²) in [7, 11) is -43.8. The van der Waals surface area contributed by atoms with Gasteiger partial charge in [0.25, 0.3) is 0 Å². The fourth-order valence-corrected chi connectivity index (χ4v) is 17.2. The molecule has 0 aliphatic carbocycles. The minimum absolute atomic E-state index is 2.25. The van der Waals surface area contributed by atoms with Crippen LogP contribution in [0.5, 0.6) is 0 Å². The van der Waals surface area contributed by atoms with Crippen LogP contribution in [0.4, 0.5) is 0 Å². The lowest BCUT2D eigenvalue weighted by Gasteiger charge is -2.41. The summed E-state index contributed by atoms with van der Waals surface area (Å²) >= 11 is 0. The minimum atomic E-state index is -6.64. The Bertz CT molecular complexity index is 1010. The summed E-state index contributed by atoms with van der Waals surface area (Å²) in [5, 5.41) is 0. The van der Waals surface area contributed by atoms with Crippen LogP contribution in [0.3, 0.4) is 0 Å². The van der Waals surface area contributed by atoms with E-state index in [0.717, 1.165) is 0 Å². The summed E-state index contributed by atoms with van der Waals surface area (Å²) in [4.78, 5) is 132. The van der Waals surface area contributed by atoms with Gasteiger partial charge in [-0.25, -0.2) is 0 Å². The van der Waals surface area contributed by atoms with E-state index in [-0.39, 0.29) is 0 Å². The Morgan fingerprint density at radius 1 is 0.343 bits per heavy atom. The van der Waals surface area contributed by atoms with Crippen molar-refractivity contribution in [2.45, 2.75) is 28.3 Å². The van der Waals surface area contributed by atoms with Gasteiger partial charge in [0.1, 0.15) is 0 Å². The maximum Gasteiger partial charge on any atom is 0.330 e. The van der Waals surface area contributed by atoms with Gasteiger partial charge in [-0.2, -0.15) is 0 Å². The molecular formula is C7H23O21P7. The van der Waals surface area contributed by atoms with E-state index >= 15 is 0 Å². The molecule has 0 radical (unpaired) electrons. The third-order valence-electron chi connectivity index (χ3n) is 4.37. The highest BCUT2D eigenvalue weighted by atomic mass is 31.2. The Morgan fingerprint density at radius 2 is 0.543 bits per heavy atom. The zero-order valence-corrected chi connectivity index (χ0v) is 22.8. The quantitative estimate of drug-likeness (QED) is 0.0879. The topological polar surface area (TPSA) is 403 Å².